The summed E-state index contributed by atoms with van der Waals surface area (Å²) in [6.45, 7) is 7.77. The zero-order valence-corrected chi connectivity index (χ0v) is 35.2. The van der Waals surface area contributed by atoms with Gasteiger partial charge in [0, 0.05) is 106 Å². The zero-order valence-electron chi connectivity index (χ0n) is 35.2. The number of carbonyl (C=O) groups excluding carboxylic acids is 4. The number of nitrogens with two attached hydrogens (primary N) is 1. The summed E-state index contributed by atoms with van der Waals surface area (Å²) in [5.41, 5.74) is 12.5. The molecule has 5 aromatic rings. The van der Waals surface area contributed by atoms with Crippen molar-refractivity contribution >= 4 is 52.3 Å². The Labute approximate surface area is 364 Å². The normalized spacial score (nSPS) is 17.0. The third-order valence-corrected chi connectivity index (χ3v) is 12.7. The molecule has 0 aliphatic carbocycles. The zero-order chi connectivity index (χ0) is 43.6. The highest BCUT2D eigenvalue weighted by molar-refractivity contribution is 6.06. The average Bonchev–Trinajstić information content (AvgIpc) is 3.57. The number of piperidine rings is 1. The molecule has 326 valence electrons. The van der Waals surface area contributed by atoms with E-state index in [1.165, 1.54) is 13.2 Å². The number of imide groups is 1. The molecular formula is C47H51FN10O5. The third kappa shape index (κ3) is 8.76. The fourth-order valence-electron chi connectivity index (χ4n) is 9.17. The molecule has 5 N–H and O–H groups in total. The van der Waals surface area contributed by atoms with Crippen molar-refractivity contribution < 1.29 is 28.3 Å². The van der Waals surface area contributed by atoms with Gasteiger partial charge in [0.05, 0.1) is 12.7 Å². The maximum Gasteiger partial charge on any atom is 0.328 e. The van der Waals surface area contributed by atoms with Gasteiger partial charge < -0.3 is 30.9 Å². The van der Waals surface area contributed by atoms with Gasteiger partial charge in [-0.1, -0.05) is 24.3 Å². The molecule has 0 saturated carbocycles. The molecule has 0 unspecified atom stereocenters. The van der Waals surface area contributed by atoms with E-state index in [2.05, 4.69) is 54.9 Å². The van der Waals surface area contributed by atoms with E-state index in [1.807, 2.05) is 18.2 Å². The summed E-state index contributed by atoms with van der Waals surface area (Å²) in [7, 11) is 1.48. The van der Waals surface area contributed by atoms with Crippen LogP contribution in [0.4, 0.5) is 37.8 Å². The van der Waals surface area contributed by atoms with Crippen LogP contribution in [0.3, 0.4) is 0 Å². The average molecular weight is 855 g/mol. The maximum atomic E-state index is 15.5. The summed E-state index contributed by atoms with van der Waals surface area (Å²) in [5, 5.41) is 13.3. The summed E-state index contributed by atoms with van der Waals surface area (Å²) >= 11 is 0. The van der Waals surface area contributed by atoms with Gasteiger partial charge in [0.1, 0.15) is 28.6 Å². The van der Waals surface area contributed by atoms with Crippen molar-refractivity contribution in [2.45, 2.75) is 38.8 Å². The van der Waals surface area contributed by atoms with E-state index in [4.69, 9.17) is 15.6 Å². The molecule has 5 heterocycles. The summed E-state index contributed by atoms with van der Waals surface area (Å²) in [5.74, 6) is -0.310. The van der Waals surface area contributed by atoms with Gasteiger partial charge in [0.2, 0.25) is 5.91 Å². The summed E-state index contributed by atoms with van der Waals surface area (Å²) in [6.07, 6.45) is 3.23. The summed E-state index contributed by atoms with van der Waals surface area (Å²) < 4.78 is 22.5. The van der Waals surface area contributed by atoms with Gasteiger partial charge in [-0.15, -0.1) is 0 Å². The molecule has 0 spiro atoms. The second-order valence-corrected chi connectivity index (χ2v) is 16.6. The number of fused-ring (bicyclic) bond motifs is 2. The highest BCUT2D eigenvalue weighted by Gasteiger charge is 2.29. The number of urea groups is 1. The number of anilines is 5. The molecule has 0 atom stereocenters. The molecule has 4 aliphatic heterocycles. The van der Waals surface area contributed by atoms with Gasteiger partial charge in [-0.3, -0.25) is 29.5 Å². The number of hydrogen-bond acceptors (Lipinski definition) is 10. The predicted octanol–water partition coefficient (Wildman–Crippen LogP) is 5.51. The first-order chi connectivity index (χ1) is 30.6. The largest absolute Gasteiger partial charge is 0.496 e. The lowest BCUT2D eigenvalue weighted by molar-refractivity contribution is -0.120. The monoisotopic (exact) mass is 854 g/mol. The van der Waals surface area contributed by atoms with Gasteiger partial charge in [0.25, 0.3) is 11.8 Å². The van der Waals surface area contributed by atoms with Crippen LogP contribution in [0.25, 0.3) is 11.3 Å². The lowest BCUT2D eigenvalue weighted by atomic mass is 9.95. The number of aromatic nitrogens is 2. The minimum absolute atomic E-state index is 0.0454. The summed E-state index contributed by atoms with van der Waals surface area (Å²) in [4.78, 5) is 58.6. The lowest BCUT2D eigenvalue weighted by Crippen LogP contribution is -2.49. The first kappa shape index (κ1) is 41.4. The molecule has 4 aromatic carbocycles. The second kappa shape index (κ2) is 17.8. The Morgan fingerprint density at radius 3 is 2.29 bits per heavy atom. The minimum Gasteiger partial charge on any atom is -0.496 e. The molecule has 15 nitrogen and oxygen atoms in total. The molecule has 0 radical (unpaired) electrons. The number of primary amides is 1. The SMILES string of the molecule is COc1ccccc1C(=O)NCc1ccc(-c2nn3c(c2C(N)=O)Nc2ccc(N4CCN(CC5CCN(c6ccc(N7CCC(=O)NC7=O)cc6)CC5)CC4)cc2CC3)cc1F. The number of benzene rings is 4. The van der Waals surface area contributed by atoms with Crippen LogP contribution in [0, 0.1) is 11.7 Å². The number of carbonyl (C=O) groups is 4. The van der Waals surface area contributed by atoms with Crippen LogP contribution < -0.4 is 41.1 Å². The van der Waals surface area contributed by atoms with Crippen LogP contribution in [-0.4, -0.2) is 97.9 Å². The highest BCUT2D eigenvalue weighted by atomic mass is 19.1. The molecular weight excluding hydrogens is 804 g/mol. The quantitative estimate of drug-likeness (QED) is 0.133. The third-order valence-electron chi connectivity index (χ3n) is 12.7. The second-order valence-electron chi connectivity index (χ2n) is 16.6. The number of rotatable bonds is 11. The first-order valence-electron chi connectivity index (χ1n) is 21.6. The number of amides is 5. The Kier molecular flexibility index (Phi) is 11.7. The van der Waals surface area contributed by atoms with E-state index >= 15 is 4.39 Å². The Morgan fingerprint density at radius 2 is 1.56 bits per heavy atom. The predicted molar refractivity (Wildman–Crippen MR) is 239 cm³/mol. The van der Waals surface area contributed by atoms with Gasteiger partial charge in [0.15, 0.2) is 0 Å². The number of nitrogens with one attached hydrogen (secondary N) is 3. The van der Waals surface area contributed by atoms with Crippen LogP contribution >= 0.6 is 0 Å². The topological polar surface area (TPSA) is 170 Å². The number of nitrogens with zero attached hydrogens (tertiary/aromatic N) is 6. The number of para-hydroxylation sites is 1. The van der Waals surface area contributed by atoms with Crippen molar-refractivity contribution in [3.63, 3.8) is 0 Å². The Hall–Kier alpha value is -6.94. The molecule has 9 rings (SSSR count). The smallest absolute Gasteiger partial charge is 0.328 e. The lowest BCUT2D eigenvalue weighted by Gasteiger charge is -2.40. The van der Waals surface area contributed by atoms with Gasteiger partial charge in [-0.05, 0) is 91.4 Å². The molecule has 63 heavy (non-hydrogen) atoms. The molecule has 0 bridgehead atoms. The van der Waals surface area contributed by atoms with Crippen molar-refractivity contribution in [2.24, 2.45) is 11.7 Å². The maximum absolute atomic E-state index is 15.5. The summed E-state index contributed by atoms with van der Waals surface area (Å²) in [6, 6.07) is 25.5. The van der Waals surface area contributed by atoms with Crippen molar-refractivity contribution in [1.82, 2.24) is 25.3 Å². The molecule has 3 saturated heterocycles. The molecule has 5 amide bonds. The van der Waals surface area contributed by atoms with Crippen LogP contribution in [0.15, 0.2) is 84.9 Å². The van der Waals surface area contributed by atoms with Crippen LogP contribution in [0.5, 0.6) is 5.75 Å². The van der Waals surface area contributed by atoms with Gasteiger partial charge >= 0.3 is 6.03 Å². The number of piperazine rings is 1. The van der Waals surface area contributed by atoms with E-state index < -0.39 is 11.7 Å². The minimum atomic E-state index is -0.673. The molecule has 1 aromatic heterocycles. The van der Waals surface area contributed by atoms with Gasteiger partial charge in [-0.2, -0.15) is 5.10 Å². The molecule has 16 heteroatoms. The van der Waals surface area contributed by atoms with Crippen LogP contribution in [-0.2, 0) is 24.3 Å². The fraction of sp³-hybridized carbons (Fsp3) is 0.340. The Balaban J connectivity index is 0.781. The van der Waals surface area contributed by atoms with Gasteiger partial charge in [-0.25, -0.2) is 13.9 Å². The number of hydrogen-bond donors (Lipinski definition) is 4. The fourth-order valence-corrected chi connectivity index (χ4v) is 9.17. The number of halogens is 1. The van der Waals surface area contributed by atoms with E-state index in [1.54, 1.807) is 46.0 Å². The van der Waals surface area contributed by atoms with Crippen molar-refractivity contribution in [3.8, 4) is 17.0 Å². The van der Waals surface area contributed by atoms with E-state index in [0.29, 0.717) is 54.5 Å². The van der Waals surface area contributed by atoms with Crippen LogP contribution in [0.1, 0.15) is 51.1 Å². The van der Waals surface area contributed by atoms with Crippen LogP contribution in [0.2, 0.25) is 0 Å². The van der Waals surface area contributed by atoms with E-state index in [-0.39, 0.29) is 41.2 Å². The molecule has 4 aliphatic rings. The van der Waals surface area contributed by atoms with Crippen molar-refractivity contribution in [2.75, 3.05) is 79.5 Å². The number of methoxy groups -OCH3 is 1. The van der Waals surface area contributed by atoms with E-state index in [9.17, 15) is 19.2 Å². The highest BCUT2D eigenvalue weighted by Crippen LogP contribution is 2.37. The van der Waals surface area contributed by atoms with E-state index in [0.717, 1.165) is 87.0 Å². The first-order valence-corrected chi connectivity index (χ1v) is 21.6. The number of ether oxygens (including phenoxy) is 1. The standard InChI is InChI=1S/C47H51FN10O5/c1-63-40-5-3-2-4-37(40)46(61)50-28-33-7-6-32(27-38(33)48)43-42(44(49)60)45-51-39-13-12-36(26-31(39)16-21-58(45)53-43)56-24-22-54(23-25-56)29-30-14-18-55(19-15-30)34-8-10-35(11-9-34)57-20-17-41(59)52-47(57)62/h2-13,26-27,30,51H,14-25,28-29H2,1H3,(H2,49,60)(H,50,61)(H,52,59,62). The molecule has 3 fully saturated rings. The Morgan fingerprint density at radius 1 is 0.825 bits per heavy atom. The van der Waals surface area contributed by atoms with Crippen molar-refractivity contribution in [1.29, 1.82) is 0 Å². The van der Waals surface area contributed by atoms with Crippen molar-refractivity contribution in [3.05, 3.63) is 113 Å². The Bertz CT molecular complexity index is 2550. The number of aryl methyl sites for hydroxylation is 2.